The van der Waals surface area contributed by atoms with E-state index >= 15 is 0 Å². The number of amides is 3. The van der Waals surface area contributed by atoms with Crippen LogP contribution in [0.25, 0.3) is 0 Å². The van der Waals surface area contributed by atoms with Gasteiger partial charge in [0.15, 0.2) is 0 Å². The molecule has 0 atom stereocenters. The third-order valence-corrected chi connectivity index (χ3v) is 6.93. The van der Waals surface area contributed by atoms with Gasteiger partial charge in [-0.15, -0.1) is 0 Å². The van der Waals surface area contributed by atoms with Crippen molar-refractivity contribution in [3.05, 3.63) is 65.2 Å². The molecule has 4 rings (SSSR count). The summed E-state index contributed by atoms with van der Waals surface area (Å²) in [7, 11) is 0. The van der Waals surface area contributed by atoms with E-state index in [0.29, 0.717) is 62.7 Å². The van der Waals surface area contributed by atoms with E-state index in [9.17, 15) is 14.4 Å². The lowest BCUT2D eigenvalue weighted by Gasteiger charge is -2.33. The van der Waals surface area contributed by atoms with Crippen molar-refractivity contribution in [2.45, 2.75) is 19.3 Å². The molecule has 1 N–H and O–H groups in total. The van der Waals surface area contributed by atoms with E-state index in [0.717, 1.165) is 18.7 Å². The van der Waals surface area contributed by atoms with Crippen LogP contribution in [-0.4, -0.2) is 78.2 Å². The summed E-state index contributed by atoms with van der Waals surface area (Å²) in [6, 6.07) is 16.6. The Hall–Kier alpha value is -2.90. The van der Waals surface area contributed by atoms with Gasteiger partial charge in [-0.25, -0.2) is 0 Å². The summed E-state index contributed by atoms with van der Waals surface area (Å²) in [5.41, 5.74) is 1.32. The highest BCUT2D eigenvalue weighted by Crippen LogP contribution is 2.21. The summed E-state index contributed by atoms with van der Waals surface area (Å²) < 4.78 is 0. The summed E-state index contributed by atoms with van der Waals surface area (Å²) in [4.78, 5) is 44.1. The molecule has 0 aromatic heterocycles. The molecule has 3 amide bonds. The number of rotatable bonds is 5. The number of anilines is 1. The van der Waals surface area contributed by atoms with Crippen LogP contribution < -0.4 is 5.32 Å². The van der Waals surface area contributed by atoms with E-state index < -0.39 is 0 Å². The Morgan fingerprint density at radius 3 is 2.26 bits per heavy atom. The maximum atomic E-state index is 12.9. The number of piperidine rings is 1. The van der Waals surface area contributed by atoms with Crippen LogP contribution >= 0.6 is 11.6 Å². The van der Waals surface area contributed by atoms with Crippen LogP contribution in [0, 0.1) is 5.92 Å². The van der Waals surface area contributed by atoms with E-state index in [1.54, 1.807) is 12.1 Å². The number of benzene rings is 2. The SMILES string of the molecule is O=C(Nc1ccccc1)C1CCN(C(=O)CN2CCCN(C(=O)c3ccccc3Cl)CC2)CC1. The van der Waals surface area contributed by atoms with E-state index in [1.165, 1.54) is 0 Å². The second kappa shape index (κ2) is 11.5. The van der Waals surface area contributed by atoms with Gasteiger partial charge in [-0.05, 0) is 43.5 Å². The Balaban J connectivity index is 1.22. The van der Waals surface area contributed by atoms with Gasteiger partial charge in [0.1, 0.15) is 0 Å². The molecule has 8 heteroatoms. The Morgan fingerprint density at radius 1 is 0.824 bits per heavy atom. The summed E-state index contributed by atoms with van der Waals surface area (Å²) in [6.45, 7) is 4.17. The predicted molar refractivity (Wildman–Crippen MR) is 133 cm³/mol. The van der Waals surface area contributed by atoms with Gasteiger partial charge in [0.05, 0.1) is 17.1 Å². The number of likely N-dealkylation sites (tertiary alicyclic amines) is 1. The molecule has 2 fully saturated rings. The Bertz CT molecular complexity index is 1010. The topological polar surface area (TPSA) is 73.0 Å². The van der Waals surface area contributed by atoms with Crippen molar-refractivity contribution in [2.24, 2.45) is 5.92 Å². The lowest BCUT2D eigenvalue weighted by Crippen LogP contribution is -2.46. The quantitative estimate of drug-likeness (QED) is 0.709. The zero-order valence-electron chi connectivity index (χ0n) is 19.3. The molecule has 0 saturated carbocycles. The van der Waals surface area contributed by atoms with Crippen molar-refractivity contribution in [3.8, 4) is 0 Å². The number of hydrogen-bond donors (Lipinski definition) is 1. The average molecular weight is 483 g/mol. The number of nitrogens with zero attached hydrogens (tertiary/aromatic N) is 3. The first-order valence-corrected chi connectivity index (χ1v) is 12.3. The largest absolute Gasteiger partial charge is 0.342 e. The smallest absolute Gasteiger partial charge is 0.255 e. The van der Waals surface area contributed by atoms with E-state index in [-0.39, 0.29) is 23.6 Å². The Morgan fingerprint density at radius 2 is 1.53 bits per heavy atom. The van der Waals surface area contributed by atoms with E-state index in [4.69, 9.17) is 11.6 Å². The monoisotopic (exact) mass is 482 g/mol. The molecule has 0 spiro atoms. The van der Waals surface area contributed by atoms with Crippen molar-refractivity contribution in [1.29, 1.82) is 0 Å². The normalized spacial score (nSPS) is 17.8. The number of para-hydroxylation sites is 1. The van der Waals surface area contributed by atoms with Crippen LogP contribution in [0.15, 0.2) is 54.6 Å². The molecule has 2 aliphatic heterocycles. The van der Waals surface area contributed by atoms with Crippen molar-refractivity contribution < 1.29 is 14.4 Å². The molecule has 2 aliphatic rings. The van der Waals surface area contributed by atoms with Crippen molar-refractivity contribution in [2.75, 3.05) is 51.1 Å². The van der Waals surface area contributed by atoms with Gasteiger partial charge in [-0.2, -0.15) is 0 Å². The van der Waals surface area contributed by atoms with Crippen LogP contribution in [0.2, 0.25) is 5.02 Å². The molecule has 2 saturated heterocycles. The molecule has 34 heavy (non-hydrogen) atoms. The van der Waals surface area contributed by atoms with Gasteiger partial charge in [0.2, 0.25) is 11.8 Å². The van der Waals surface area contributed by atoms with Crippen LogP contribution in [0.4, 0.5) is 5.69 Å². The minimum Gasteiger partial charge on any atom is -0.342 e. The highest BCUT2D eigenvalue weighted by Gasteiger charge is 2.29. The zero-order chi connectivity index (χ0) is 23.9. The maximum Gasteiger partial charge on any atom is 0.255 e. The second-order valence-electron chi connectivity index (χ2n) is 8.91. The minimum atomic E-state index is -0.0770. The van der Waals surface area contributed by atoms with Gasteiger partial charge in [-0.1, -0.05) is 41.9 Å². The Labute approximate surface area is 205 Å². The molecule has 0 aliphatic carbocycles. The molecule has 0 radical (unpaired) electrons. The van der Waals surface area contributed by atoms with Crippen LogP contribution in [0.5, 0.6) is 0 Å². The molecule has 180 valence electrons. The first-order chi connectivity index (χ1) is 16.5. The minimum absolute atomic E-state index is 0.0223. The third-order valence-electron chi connectivity index (χ3n) is 6.60. The fourth-order valence-corrected chi connectivity index (χ4v) is 4.80. The van der Waals surface area contributed by atoms with Gasteiger partial charge in [0.25, 0.3) is 5.91 Å². The van der Waals surface area contributed by atoms with Gasteiger partial charge < -0.3 is 15.1 Å². The summed E-state index contributed by atoms with van der Waals surface area (Å²) in [5, 5.41) is 3.43. The first kappa shape index (κ1) is 24.2. The molecule has 2 aromatic rings. The number of nitrogens with one attached hydrogen (secondary N) is 1. The standard InChI is InChI=1S/C26H31ClN4O3/c27-23-10-5-4-9-22(23)26(34)31-14-6-13-29(17-18-31)19-24(32)30-15-11-20(12-16-30)25(33)28-21-7-2-1-3-8-21/h1-5,7-10,20H,6,11-19H2,(H,28,33). The number of carbonyl (C=O) groups excluding carboxylic acids is 3. The van der Waals surface area contributed by atoms with E-state index in [1.807, 2.05) is 52.3 Å². The van der Waals surface area contributed by atoms with Crippen molar-refractivity contribution in [1.82, 2.24) is 14.7 Å². The highest BCUT2D eigenvalue weighted by atomic mass is 35.5. The predicted octanol–water partition coefficient (Wildman–Crippen LogP) is 3.37. The summed E-state index contributed by atoms with van der Waals surface area (Å²) in [6.07, 6.45) is 2.15. The van der Waals surface area contributed by atoms with E-state index in [2.05, 4.69) is 10.2 Å². The molecule has 0 bridgehead atoms. The Kier molecular flexibility index (Phi) is 8.19. The molecule has 2 heterocycles. The second-order valence-corrected chi connectivity index (χ2v) is 9.32. The highest BCUT2D eigenvalue weighted by molar-refractivity contribution is 6.33. The third kappa shape index (κ3) is 6.15. The molecule has 2 aromatic carbocycles. The fourth-order valence-electron chi connectivity index (χ4n) is 4.59. The lowest BCUT2D eigenvalue weighted by atomic mass is 9.95. The zero-order valence-corrected chi connectivity index (χ0v) is 20.0. The van der Waals surface area contributed by atoms with Crippen LogP contribution in [0.1, 0.15) is 29.6 Å². The van der Waals surface area contributed by atoms with Gasteiger partial charge in [0, 0.05) is 50.9 Å². The number of carbonyl (C=O) groups is 3. The number of hydrogen-bond acceptors (Lipinski definition) is 4. The molecule has 0 unspecified atom stereocenters. The molecular weight excluding hydrogens is 452 g/mol. The van der Waals surface area contributed by atoms with Crippen LogP contribution in [0.3, 0.4) is 0 Å². The summed E-state index contributed by atoms with van der Waals surface area (Å²) >= 11 is 6.20. The average Bonchev–Trinajstić information content (AvgIpc) is 3.10. The van der Waals surface area contributed by atoms with Gasteiger partial charge >= 0.3 is 0 Å². The molecular formula is C26H31ClN4O3. The van der Waals surface area contributed by atoms with Crippen LogP contribution in [-0.2, 0) is 9.59 Å². The lowest BCUT2D eigenvalue weighted by molar-refractivity contribution is -0.135. The van der Waals surface area contributed by atoms with Gasteiger partial charge in [-0.3, -0.25) is 19.3 Å². The summed E-state index contributed by atoms with van der Waals surface area (Å²) in [5.74, 6) is -0.0247. The fraction of sp³-hybridized carbons (Fsp3) is 0.423. The maximum absolute atomic E-state index is 12.9. The first-order valence-electron chi connectivity index (χ1n) is 11.9. The number of halogens is 1. The molecule has 7 nitrogen and oxygen atoms in total. The van der Waals surface area contributed by atoms with Crippen molar-refractivity contribution in [3.63, 3.8) is 0 Å². The van der Waals surface area contributed by atoms with Crippen molar-refractivity contribution >= 4 is 35.0 Å².